The topological polar surface area (TPSA) is 84.9 Å². The summed E-state index contributed by atoms with van der Waals surface area (Å²) in [5.41, 5.74) is 2.85. The van der Waals surface area contributed by atoms with E-state index in [-0.39, 0.29) is 0 Å². The van der Waals surface area contributed by atoms with Crippen LogP contribution in [0.1, 0.15) is 24.4 Å². The predicted molar refractivity (Wildman–Crippen MR) is 79.3 cm³/mol. The lowest BCUT2D eigenvalue weighted by Gasteiger charge is -2.09. The molecule has 2 aromatic rings. The van der Waals surface area contributed by atoms with Gasteiger partial charge in [0.2, 0.25) is 11.9 Å². The van der Waals surface area contributed by atoms with Crippen molar-refractivity contribution >= 4 is 23.2 Å². The number of nitrogens with zero attached hydrogens (tertiary/aromatic N) is 4. The van der Waals surface area contributed by atoms with Gasteiger partial charge in [-0.05, 0) is 20.8 Å². The van der Waals surface area contributed by atoms with Crippen LogP contribution in [0.2, 0.25) is 0 Å². The molecule has 0 saturated heterocycles. The van der Waals surface area contributed by atoms with Gasteiger partial charge in [0.15, 0.2) is 0 Å². The van der Waals surface area contributed by atoms with E-state index in [1.54, 1.807) is 11.3 Å². The van der Waals surface area contributed by atoms with Gasteiger partial charge >= 0.3 is 6.01 Å². The highest BCUT2D eigenvalue weighted by Crippen LogP contribution is 2.15. The molecule has 0 amide bonds. The lowest BCUT2D eigenvalue weighted by molar-refractivity contribution is 0.312. The van der Waals surface area contributed by atoms with Crippen LogP contribution in [-0.2, 0) is 6.54 Å². The van der Waals surface area contributed by atoms with Crippen LogP contribution in [0.15, 0.2) is 5.51 Å². The van der Waals surface area contributed by atoms with E-state index in [1.807, 2.05) is 26.3 Å². The Kier molecular flexibility index (Phi) is 5.05. The van der Waals surface area contributed by atoms with Gasteiger partial charge in [-0.3, -0.25) is 0 Å². The van der Waals surface area contributed by atoms with E-state index in [9.17, 15) is 0 Å². The number of thiazole rings is 1. The van der Waals surface area contributed by atoms with Crippen molar-refractivity contribution < 1.29 is 4.74 Å². The van der Waals surface area contributed by atoms with Crippen LogP contribution in [0.25, 0.3) is 0 Å². The highest BCUT2D eigenvalue weighted by Gasteiger charge is 2.08. The summed E-state index contributed by atoms with van der Waals surface area (Å²) in [6, 6.07) is 0.321. The van der Waals surface area contributed by atoms with Crippen molar-refractivity contribution in [3.8, 4) is 6.01 Å². The van der Waals surface area contributed by atoms with Gasteiger partial charge in [-0.25, -0.2) is 4.98 Å². The molecule has 0 spiro atoms. The summed E-state index contributed by atoms with van der Waals surface area (Å²) in [4.78, 5) is 18.1. The molecule has 7 nitrogen and oxygen atoms in total. The maximum Gasteiger partial charge on any atom is 0.323 e. The summed E-state index contributed by atoms with van der Waals surface area (Å²) in [6.45, 7) is 7.75. The number of hydrogen-bond acceptors (Lipinski definition) is 8. The van der Waals surface area contributed by atoms with E-state index >= 15 is 0 Å². The molecule has 2 aromatic heterocycles. The first-order valence-corrected chi connectivity index (χ1v) is 7.36. The van der Waals surface area contributed by atoms with Crippen LogP contribution in [0.4, 0.5) is 11.9 Å². The molecule has 0 aliphatic heterocycles. The van der Waals surface area contributed by atoms with Crippen molar-refractivity contribution in [2.24, 2.45) is 0 Å². The van der Waals surface area contributed by atoms with Crippen LogP contribution in [0.3, 0.4) is 0 Å². The molecular weight excluding hydrogens is 276 g/mol. The third-order valence-electron chi connectivity index (χ3n) is 2.48. The highest BCUT2D eigenvalue weighted by molar-refractivity contribution is 7.09. The molecule has 0 fully saturated rings. The Morgan fingerprint density at radius 3 is 2.50 bits per heavy atom. The number of aryl methyl sites for hydroxylation is 1. The maximum atomic E-state index is 5.34. The minimum absolute atomic E-state index is 0.321. The molecule has 108 valence electrons. The van der Waals surface area contributed by atoms with Crippen molar-refractivity contribution in [2.45, 2.75) is 27.3 Å². The second kappa shape index (κ2) is 6.99. The summed E-state index contributed by atoms with van der Waals surface area (Å²) in [6.07, 6.45) is 0. The molecule has 2 rings (SSSR count). The summed E-state index contributed by atoms with van der Waals surface area (Å²) in [7, 11) is 0. The van der Waals surface area contributed by atoms with Crippen LogP contribution < -0.4 is 15.4 Å². The number of nitrogens with one attached hydrogen (secondary N) is 2. The fraction of sp³-hybridized carbons (Fsp3) is 0.500. The standard InChI is InChI=1S/C12H18N6OS/c1-4-13-10-16-11(18-12(17-10)19-5-2)14-6-9-8(3)15-7-20-9/h7H,4-6H2,1-3H3,(H2,13,14,16,17,18). The minimum atomic E-state index is 0.321. The fourth-order valence-electron chi connectivity index (χ4n) is 1.52. The second-order valence-corrected chi connectivity index (χ2v) is 4.88. The Morgan fingerprint density at radius 1 is 1.15 bits per heavy atom. The quantitative estimate of drug-likeness (QED) is 0.808. The molecule has 0 unspecified atom stereocenters. The number of rotatable bonds is 7. The summed E-state index contributed by atoms with van der Waals surface area (Å²) >= 11 is 1.61. The number of aromatic nitrogens is 4. The molecule has 0 aliphatic carbocycles. The minimum Gasteiger partial charge on any atom is -0.464 e. The average molecular weight is 294 g/mol. The molecule has 0 aliphatic rings. The highest BCUT2D eigenvalue weighted by atomic mass is 32.1. The van der Waals surface area contributed by atoms with E-state index in [0.717, 1.165) is 17.1 Å². The molecule has 0 aromatic carbocycles. The Morgan fingerprint density at radius 2 is 1.90 bits per heavy atom. The summed E-state index contributed by atoms with van der Waals surface area (Å²) < 4.78 is 5.34. The number of anilines is 2. The monoisotopic (exact) mass is 294 g/mol. The van der Waals surface area contributed by atoms with Crippen molar-refractivity contribution in [1.29, 1.82) is 0 Å². The molecule has 0 bridgehead atoms. The average Bonchev–Trinajstić information content (AvgIpc) is 2.83. The Bertz CT molecular complexity index is 534. The number of ether oxygens (including phenoxy) is 1. The Balaban J connectivity index is 2.11. The first-order chi connectivity index (χ1) is 9.72. The largest absolute Gasteiger partial charge is 0.464 e. The van der Waals surface area contributed by atoms with Crippen molar-refractivity contribution in [3.05, 3.63) is 16.1 Å². The first kappa shape index (κ1) is 14.4. The predicted octanol–water partition coefficient (Wildman–Crippen LogP) is 2.08. The molecule has 0 atom stereocenters. The molecule has 0 radical (unpaired) electrons. The maximum absolute atomic E-state index is 5.34. The molecule has 2 N–H and O–H groups in total. The first-order valence-electron chi connectivity index (χ1n) is 6.48. The van der Waals surface area contributed by atoms with Gasteiger partial charge in [0.05, 0.1) is 24.4 Å². The van der Waals surface area contributed by atoms with Gasteiger partial charge < -0.3 is 15.4 Å². The van der Waals surface area contributed by atoms with E-state index in [1.165, 1.54) is 0 Å². The Labute approximate surface area is 121 Å². The molecule has 2 heterocycles. The summed E-state index contributed by atoms with van der Waals surface area (Å²) in [5.74, 6) is 1.00. The van der Waals surface area contributed by atoms with Crippen molar-refractivity contribution in [2.75, 3.05) is 23.8 Å². The van der Waals surface area contributed by atoms with Crippen LogP contribution in [0, 0.1) is 6.92 Å². The van der Waals surface area contributed by atoms with Gasteiger partial charge in [0.25, 0.3) is 0 Å². The zero-order valence-corrected chi connectivity index (χ0v) is 12.6. The van der Waals surface area contributed by atoms with Crippen LogP contribution in [-0.4, -0.2) is 33.1 Å². The molecule has 20 heavy (non-hydrogen) atoms. The normalized spacial score (nSPS) is 10.3. The lowest BCUT2D eigenvalue weighted by atomic mass is 10.4. The SMILES string of the molecule is CCNc1nc(NCc2scnc2C)nc(OCC)n1. The van der Waals surface area contributed by atoms with Crippen LogP contribution >= 0.6 is 11.3 Å². The van der Waals surface area contributed by atoms with E-state index in [4.69, 9.17) is 4.74 Å². The van der Waals surface area contributed by atoms with Crippen molar-refractivity contribution in [3.63, 3.8) is 0 Å². The van der Waals surface area contributed by atoms with E-state index < -0.39 is 0 Å². The molecule has 0 saturated carbocycles. The van der Waals surface area contributed by atoms with Gasteiger partial charge in [0.1, 0.15) is 0 Å². The van der Waals surface area contributed by atoms with Gasteiger partial charge in [-0.1, -0.05) is 0 Å². The number of hydrogen-bond donors (Lipinski definition) is 2. The van der Waals surface area contributed by atoms with Gasteiger partial charge in [0, 0.05) is 11.4 Å². The third-order valence-corrected chi connectivity index (χ3v) is 3.41. The molecule has 8 heteroatoms. The zero-order valence-electron chi connectivity index (χ0n) is 11.8. The Hall–Kier alpha value is -1.96. The fourth-order valence-corrected chi connectivity index (χ4v) is 2.24. The smallest absolute Gasteiger partial charge is 0.323 e. The van der Waals surface area contributed by atoms with E-state index in [2.05, 4.69) is 30.6 Å². The van der Waals surface area contributed by atoms with Gasteiger partial charge in [-0.2, -0.15) is 15.0 Å². The zero-order chi connectivity index (χ0) is 14.4. The lowest BCUT2D eigenvalue weighted by Crippen LogP contribution is -2.10. The van der Waals surface area contributed by atoms with Crippen molar-refractivity contribution in [1.82, 2.24) is 19.9 Å². The summed E-state index contributed by atoms with van der Waals surface area (Å²) in [5, 5.41) is 6.23. The molecular formula is C12H18N6OS. The van der Waals surface area contributed by atoms with E-state index in [0.29, 0.717) is 31.1 Å². The second-order valence-electron chi connectivity index (χ2n) is 3.94. The van der Waals surface area contributed by atoms with Crippen LogP contribution in [0.5, 0.6) is 6.01 Å². The van der Waals surface area contributed by atoms with Gasteiger partial charge in [-0.15, -0.1) is 11.3 Å². The third kappa shape index (κ3) is 3.77.